The highest BCUT2D eigenvalue weighted by Crippen LogP contribution is 2.37. The molecule has 0 aromatic heterocycles. The second kappa shape index (κ2) is 8.32. The molecule has 5 N–H and O–H groups in total. The molecule has 0 aliphatic rings. The first-order valence-electron chi connectivity index (χ1n) is 8.32. The SMILES string of the molecule is NC(N)=Nc1ccc(Oc2cccc(Nc3ccc(Cl)c(C(F)(F)F)c3)c2)cc1. The molecule has 3 aromatic carbocycles. The van der Waals surface area contributed by atoms with Crippen LogP contribution in [-0.2, 0) is 6.18 Å². The smallest absolute Gasteiger partial charge is 0.417 e. The topological polar surface area (TPSA) is 85.7 Å². The number of hydrogen-bond acceptors (Lipinski definition) is 3. The van der Waals surface area contributed by atoms with E-state index in [-0.39, 0.29) is 16.7 Å². The van der Waals surface area contributed by atoms with E-state index in [1.807, 2.05) is 0 Å². The molecule has 0 spiro atoms. The Labute approximate surface area is 169 Å². The number of nitrogens with one attached hydrogen (secondary N) is 1. The van der Waals surface area contributed by atoms with Crippen LogP contribution < -0.4 is 21.5 Å². The monoisotopic (exact) mass is 420 g/mol. The van der Waals surface area contributed by atoms with Crippen molar-refractivity contribution >= 4 is 34.6 Å². The third kappa shape index (κ3) is 5.55. The lowest BCUT2D eigenvalue weighted by molar-refractivity contribution is -0.137. The Morgan fingerprint density at radius 3 is 2.24 bits per heavy atom. The van der Waals surface area contributed by atoms with Gasteiger partial charge in [0.2, 0.25) is 0 Å². The molecule has 150 valence electrons. The zero-order valence-corrected chi connectivity index (χ0v) is 15.6. The molecule has 0 amide bonds. The normalized spacial score (nSPS) is 11.0. The molecule has 5 nitrogen and oxygen atoms in total. The quantitative estimate of drug-likeness (QED) is 0.359. The molecule has 9 heteroatoms. The second-order valence-electron chi connectivity index (χ2n) is 5.98. The molecule has 0 atom stereocenters. The Morgan fingerprint density at radius 2 is 1.59 bits per heavy atom. The van der Waals surface area contributed by atoms with Crippen molar-refractivity contribution in [2.75, 3.05) is 5.32 Å². The van der Waals surface area contributed by atoms with E-state index < -0.39 is 11.7 Å². The van der Waals surface area contributed by atoms with Gasteiger partial charge in [0.05, 0.1) is 16.3 Å². The number of benzene rings is 3. The molecule has 3 aromatic rings. The summed E-state index contributed by atoms with van der Waals surface area (Å²) in [4.78, 5) is 3.92. The predicted molar refractivity (Wildman–Crippen MR) is 108 cm³/mol. The maximum absolute atomic E-state index is 13.0. The number of guanidine groups is 1. The second-order valence-corrected chi connectivity index (χ2v) is 6.39. The molecule has 0 aliphatic heterocycles. The van der Waals surface area contributed by atoms with Crippen LogP contribution in [0.3, 0.4) is 0 Å². The average Bonchev–Trinajstić information content (AvgIpc) is 2.64. The van der Waals surface area contributed by atoms with Crippen LogP contribution in [0.1, 0.15) is 5.56 Å². The molecular weight excluding hydrogens is 405 g/mol. The minimum Gasteiger partial charge on any atom is -0.457 e. The first-order chi connectivity index (χ1) is 13.7. The number of hydrogen-bond donors (Lipinski definition) is 3. The fraction of sp³-hybridized carbons (Fsp3) is 0.0500. The van der Waals surface area contributed by atoms with Gasteiger partial charge in [0.15, 0.2) is 5.96 Å². The number of aliphatic imine (C=N–C) groups is 1. The van der Waals surface area contributed by atoms with Crippen LogP contribution in [0, 0.1) is 0 Å². The molecule has 3 rings (SSSR count). The van der Waals surface area contributed by atoms with Crippen molar-refractivity contribution in [1.82, 2.24) is 0 Å². The lowest BCUT2D eigenvalue weighted by Crippen LogP contribution is -2.21. The van der Waals surface area contributed by atoms with Crippen molar-refractivity contribution in [2.45, 2.75) is 6.18 Å². The Bertz CT molecular complexity index is 1030. The van der Waals surface area contributed by atoms with Gasteiger partial charge in [-0.2, -0.15) is 13.2 Å². The van der Waals surface area contributed by atoms with Crippen LogP contribution in [0.2, 0.25) is 5.02 Å². The van der Waals surface area contributed by atoms with Crippen LogP contribution in [0.4, 0.5) is 30.2 Å². The van der Waals surface area contributed by atoms with Crippen LogP contribution in [0.15, 0.2) is 71.7 Å². The van der Waals surface area contributed by atoms with E-state index in [9.17, 15) is 13.2 Å². The van der Waals surface area contributed by atoms with E-state index in [0.29, 0.717) is 22.9 Å². The number of nitrogens with zero attached hydrogens (tertiary/aromatic N) is 1. The summed E-state index contributed by atoms with van der Waals surface area (Å²) in [6.07, 6.45) is -4.54. The number of rotatable bonds is 5. The Morgan fingerprint density at radius 1 is 0.897 bits per heavy atom. The number of alkyl halides is 3. The first kappa shape index (κ1) is 20.3. The molecule has 0 heterocycles. The van der Waals surface area contributed by atoms with Gasteiger partial charge in [0.1, 0.15) is 11.5 Å². The number of anilines is 2. The van der Waals surface area contributed by atoms with Crippen LogP contribution in [0.5, 0.6) is 11.5 Å². The highest BCUT2D eigenvalue weighted by molar-refractivity contribution is 6.31. The van der Waals surface area contributed by atoms with Crippen molar-refractivity contribution < 1.29 is 17.9 Å². The van der Waals surface area contributed by atoms with Gasteiger partial charge in [0.25, 0.3) is 0 Å². The van der Waals surface area contributed by atoms with Crippen molar-refractivity contribution in [3.63, 3.8) is 0 Å². The summed E-state index contributed by atoms with van der Waals surface area (Å²) in [5.74, 6) is 0.991. The number of ether oxygens (including phenoxy) is 1. The van der Waals surface area contributed by atoms with Crippen molar-refractivity contribution in [1.29, 1.82) is 0 Å². The molecule has 0 saturated heterocycles. The molecular formula is C20H16ClF3N4O. The minimum atomic E-state index is -4.54. The molecule has 29 heavy (non-hydrogen) atoms. The number of halogens is 4. The summed E-state index contributed by atoms with van der Waals surface area (Å²) in [5, 5.41) is 2.56. The van der Waals surface area contributed by atoms with Crippen molar-refractivity contribution in [3.05, 3.63) is 77.3 Å². The maximum atomic E-state index is 13.0. The maximum Gasteiger partial charge on any atom is 0.417 e. The Kier molecular flexibility index (Phi) is 5.84. The third-order valence-electron chi connectivity index (χ3n) is 3.73. The van der Waals surface area contributed by atoms with Gasteiger partial charge in [-0.3, -0.25) is 0 Å². The highest BCUT2D eigenvalue weighted by atomic mass is 35.5. The van der Waals surface area contributed by atoms with E-state index >= 15 is 0 Å². The van der Waals surface area contributed by atoms with Gasteiger partial charge in [0, 0.05) is 17.4 Å². The fourth-order valence-corrected chi connectivity index (χ4v) is 2.72. The van der Waals surface area contributed by atoms with Crippen molar-refractivity contribution in [3.8, 4) is 11.5 Å². The molecule has 0 fully saturated rings. The van der Waals surface area contributed by atoms with E-state index in [1.54, 1.807) is 48.5 Å². The molecule has 0 unspecified atom stereocenters. The van der Waals surface area contributed by atoms with Gasteiger partial charge < -0.3 is 21.5 Å². The zero-order valence-electron chi connectivity index (χ0n) is 14.9. The molecule has 0 radical (unpaired) electrons. The van der Waals surface area contributed by atoms with Gasteiger partial charge in [-0.25, -0.2) is 4.99 Å². The molecule has 0 bridgehead atoms. The lowest BCUT2D eigenvalue weighted by Gasteiger charge is -2.13. The van der Waals surface area contributed by atoms with Crippen molar-refractivity contribution in [2.24, 2.45) is 16.5 Å². The van der Waals surface area contributed by atoms with E-state index in [4.69, 9.17) is 27.8 Å². The fourth-order valence-electron chi connectivity index (χ4n) is 2.50. The summed E-state index contributed by atoms with van der Waals surface area (Å²) in [6, 6.07) is 17.2. The van der Waals surface area contributed by atoms with Gasteiger partial charge in [-0.05, 0) is 54.6 Å². The van der Waals surface area contributed by atoms with Gasteiger partial charge in [-0.15, -0.1) is 0 Å². The Balaban J connectivity index is 1.76. The molecule has 0 saturated carbocycles. The van der Waals surface area contributed by atoms with Crippen LogP contribution in [-0.4, -0.2) is 5.96 Å². The first-order valence-corrected chi connectivity index (χ1v) is 8.70. The van der Waals surface area contributed by atoms with Gasteiger partial charge >= 0.3 is 6.18 Å². The zero-order chi connectivity index (χ0) is 21.0. The van der Waals surface area contributed by atoms with E-state index in [1.165, 1.54) is 12.1 Å². The van der Waals surface area contributed by atoms with E-state index in [0.717, 1.165) is 6.07 Å². The minimum absolute atomic E-state index is 0.0478. The third-order valence-corrected chi connectivity index (χ3v) is 4.05. The largest absolute Gasteiger partial charge is 0.457 e. The summed E-state index contributed by atoms with van der Waals surface area (Å²) in [6.45, 7) is 0. The number of nitrogens with two attached hydrogens (primary N) is 2. The summed E-state index contributed by atoms with van der Waals surface area (Å²) in [7, 11) is 0. The predicted octanol–water partition coefficient (Wildman–Crippen LogP) is 5.80. The summed E-state index contributed by atoms with van der Waals surface area (Å²) in [5.41, 5.74) is 11.1. The lowest BCUT2D eigenvalue weighted by atomic mass is 10.2. The van der Waals surface area contributed by atoms with E-state index in [2.05, 4.69) is 10.3 Å². The highest BCUT2D eigenvalue weighted by Gasteiger charge is 2.33. The molecule has 0 aliphatic carbocycles. The van der Waals surface area contributed by atoms with Crippen LogP contribution in [0.25, 0.3) is 0 Å². The summed E-state index contributed by atoms with van der Waals surface area (Å²) >= 11 is 5.65. The van der Waals surface area contributed by atoms with Gasteiger partial charge in [-0.1, -0.05) is 17.7 Å². The summed E-state index contributed by atoms with van der Waals surface area (Å²) < 4.78 is 44.8. The average molecular weight is 421 g/mol. The Hall–Kier alpha value is -3.39. The standard InChI is InChI=1S/C20H16ClF3N4O/c21-18-9-6-14(11-17(18)20(22,23)24)27-13-2-1-3-16(10-13)29-15-7-4-12(5-8-15)28-19(25)26/h1-11,27H,(H4,25,26,28). The van der Waals surface area contributed by atoms with Crippen LogP contribution >= 0.6 is 11.6 Å².